The van der Waals surface area contributed by atoms with Gasteiger partial charge in [0.2, 0.25) is 0 Å². The summed E-state index contributed by atoms with van der Waals surface area (Å²) in [5, 5.41) is 3.75. The number of hydrogen-bond acceptors (Lipinski definition) is 4. The van der Waals surface area contributed by atoms with Crippen molar-refractivity contribution in [3.8, 4) is 22.5 Å². The van der Waals surface area contributed by atoms with Crippen molar-refractivity contribution in [1.82, 2.24) is 0 Å². The van der Waals surface area contributed by atoms with Gasteiger partial charge in [-0.15, -0.1) is 11.3 Å². The summed E-state index contributed by atoms with van der Waals surface area (Å²) >= 11 is 1.94. The number of aryl methyl sites for hydroxylation is 4. The predicted molar refractivity (Wildman–Crippen MR) is 292 cm³/mol. The number of anilines is 6. The van der Waals surface area contributed by atoms with Gasteiger partial charge in [0.05, 0.1) is 16.4 Å². The maximum absolute atomic E-state index is 6.68. The average molecular weight is 893 g/mol. The third-order valence-electron chi connectivity index (χ3n) is 14.5. The maximum Gasteiger partial charge on any atom is 0.254 e. The number of furan rings is 1. The van der Waals surface area contributed by atoms with Crippen molar-refractivity contribution < 1.29 is 4.42 Å². The Morgan fingerprint density at radius 1 is 0.493 bits per heavy atom. The van der Waals surface area contributed by atoms with Crippen molar-refractivity contribution in [2.24, 2.45) is 0 Å². The Morgan fingerprint density at radius 3 is 1.76 bits per heavy atom. The summed E-state index contributed by atoms with van der Waals surface area (Å²) < 4.78 is 8.00. The van der Waals surface area contributed by atoms with Crippen molar-refractivity contribution in [2.45, 2.75) is 106 Å². The molecule has 0 bridgehead atoms. The monoisotopic (exact) mass is 892 g/mol. The van der Waals surface area contributed by atoms with Crippen LogP contribution < -0.4 is 26.2 Å². The molecule has 334 valence electrons. The quantitative estimate of drug-likeness (QED) is 0.164. The van der Waals surface area contributed by atoms with Crippen LogP contribution in [-0.2, 0) is 16.2 Å². The molecule has 7 aromatic carbocycles. The number of hydrogen-bond donors (Lipinski definition) is 0. The standard InChI is InChI=1S/C62H61BN2OS/c1-36-27-50-56-51(28-36)65(57-37(2)29-44(30-38(57)3)61(8,9)10)59-55(47-34-43(60(5,6)7)24-26-54(47)67-59)63(56)48-32-42(53-33-41-21-17-18-22-52(41)66-53)23-25-49(48)64(50)58-39(4)31-45(62(11,12)13)35-46(58)40-19-15-14-16-20-40/h14-35H,1-13H3. The van der Waals surface area contributed by atoms with Crippen LogP contribution in [0.25, 0.3) is 43.5 Å². The Bertz CT molecular complexity index is 3420. The minimum atomic E-state index is -0.0554. The summed E-state index contributed by atoms with van der Waals surface area (Å²) in [7, 11) is 0. The van der Waals surface area contributed by atoms with Crippen molar-refractivity contribution in [3.63, 3.8) is 0 Å². The molecule has 0 saturated carbocycles. The zero-order valence-corrected chi connectivity index (χ0v) is 42.3. The summed E-state index contributed by atoms with van der Waals surface area (Å²) in [5.74, 6) is 0.884. The second-order valence-corrected chi connectivity index (χ2v) is 23.6. The molecule has 0 fully saturated rings. The van der Waals surface area contributed by atoms with Crippen molar-refractivity contribution >= 4 is 88.9 Å². The fourth-order valence-corrected chi connectivity index (χ4v) is 12.2. The van der Waals surface area contributed by atoms with Gasteiger partial charge in [0.15, 0.2) is 0 Å². The van der Waals surface area contributed by atoms with Crippen LogP contribution in [0, 0.1) is 27.7 Å². The molecular weight excluding hydrogens is 832 g/mol. The van der Waals surface area contributed by atoms with E-state index < -0.39 is 0 Å². The molecule has 0 radical (unpaired) electrons. The maximum atomic E-state index is 6.68. The predicted octanol–water partition coefficient (Wildman–Crippen LogP) is 16.2. The Balaban J connectivity index is 1.29. The second kappa shape index (κ2) is 15.1. The van der Waals surface area contributed by atoms with Crippen molar-refractivity contribution in [3.05, 3.63) is 172 Å². The molecule has 4 heterocycles. The number of para-hydroxylation sites is 1. The van der Waals surface area contributed by atoms with Crippen LogP contribution in [0.4, 0.5) is 33.4 Å². The molecule has 67 heavy (non-hydrogen) atoms. The SMILES string of the molecule is Cc1cc2c3c(c1)N(c1c(C)cc(C(C)(C)C)cc1C)c1sc4ccc(C(C)(C)C)cc4c1B3c1cc(-c3cc4ccccc4o3)ccc1N2c1c(C)cc(C(C)(C)C)cc1-c1ccccc1. The normalized spacial score (nSPS) is 13.7. The van der Waals surface area contributed by atoms with Gasteiger partial charge in [-0.1, -0.05) is 147 Å². The van der Waals surface area contributed by atoms with Crippen LogP contribution in [-0.4, -0.2) is 6.71 Å². The fourth-order valence-electron chi connectivity index (χ4n) is 11.0. The van der Waals surface area contributed by atoms with Gasteiger partial charge < -0.3 is 14.2 Å². The molecule has 0 aliphatic carbocycles. The van der Waals surface area contributed by atoms with Gasteiger partial charge in [-0.25, -0.2) is 0 Å². The second-order valence-electron chi connectivity index (χ2n) is 22.5. The molecule has 0 amide bonds. The molecule has 5 heteroatoms. The van der Waals surface area contributed by atoms with Gasteiger partial charge in [-0.3, -0.25) is 0 Å². The number of fused-ring (bicyclic) bond motifs is 7. The molecule has 9 aromatic rings. The molecule has 3 nitrogen and oxygen atoms in total. The highest BCUT2D eigenvalue weighted by molar-refractivity contribution is 7.26. The molecule has 0 atom stereocenters. The molecular formula is C62H61BN2OS. The summed E-state index contributed by atoms with van der Waals surface area (Å²) in [6, 6.07) is 50.7. The van der Waals surface area contributed by atoms with Crippen molar-refractivity contribution in [2.75, 3.05) is 9.80 Å². The van der Waals surface area contributed by atoms with Crippen LogP contribution in [0.5, 0.6) is 0 Å². The Kier molecular flexibility index (Phi) is 9.76. The van der Waals surface area contributed by atoms with E-state index in [1.54, 1.807) is 0 Å². The molecule has 0 N–H and O–H groups in total. The number of nitrogens with zero attached hydrogens (tertiary/aromatic N) is 2. The zero-order chi connectivity index (χ0) is 47.1. The Hall–Kier alpha value is -6.30. The van der Waals surface area contributed by atoms with Crippen LogP contribution >= 0.6 is 11.3 Å². The lowest BCUT2D eigenvalue weighted by Crippen LogP contribution is -2.61. The highest BCUT2D eigenvalue weighted by atomic mass is 32.1. The van der Waals surface area contributed by atoms with Crippen LogP contribution in [0.2, 0.25) is 0 Å². The van der Waals surface area contributed by atoms with Gasteiger partial charge in [0.25, 0.3) is 6.71 Å². The third-order valence-corrected chi connectivity index (χ3v) is 15.6. The van der Waals surface area contributed by atoms with E-state index in [0.29, 0.717) is 0 Å². The smallest absolute Gasteiger partial charge is 0.254 e. The molecule has 0 unspecified atom stereocenters. The van der Waals surface area contributed by atoms with Crippen LogP contribution in [0.1, 0.15) is 101 Å². The van der Waals surface area contributed by atoms with E-state index in [9.17, 15) is 0 Å². The van der Waals surface area contributed by atoms with Gasteiger partial charge in [0, 0.05) is 38.3 Å². The van der Waals surface area contributed by atoms with Gasteiger partial charge in [0.1, 0.15) is 11.3 Å². The summed E-state index contributed by atoms with van der Waals surface area (Å²) in [6.07, 6.45) is 0. The molecule has 2 aliphatic heterocycles. The van der Waals surface area contributed by atoms with E-state index in [1.807, 2.05) is 11.3 Å². The van der Waals surface area contributed by atoms with E-state index in [2.05, 4.69) is 233 Å². The van der Waals surface area contributed by atoms with E-state index in [1.165, 1.54) is 110 Å². The van der Waals surface area contributed by atoms with E-state index in [-0.39, 0.29) is 23.0 Å². The molecule has 11 rings (SSSR count). The Labute approximate surface area is 402 Å². The van der Waals surface area contributed by atoms with Crippen molar-refractivity contribution in [1.29, 1.82) is 0 Å². The van der Waals surface area contributed by atoms with Gasteiger partial charge >= 0.3 is 0 Å². The Morgan fingerprint density at radius 2 is 1.10 bits per heavy atom. The molecule has 0 spiro atoms. The largest absolute Gasteiger partial charge is 0.456 e. The lowest BCUT2D eigenvalue weighted by Gasteiger charge is -2.45. The fraction of sp³-hybridized carbons (Fsp3) is 0.258. The first-order chi connectivity index (χ1) is 31.8. The van der Waals surface area contributed by atoms with E-state index in [4.69, 9.17) is 4.42 Å². The zero-order valence-electron chi connectivity index (χ0n) is 41.5. The highest BCUT2D eigenvalue weighted by Crippen LogP contribution is 2.52. The minimum Gasteiger partial charge on any atom is -0.456 e. The molecule has 0 saturated heterocycles. The number of rotatable bonds is 4. The number of thiophene rings is 1. The first-order valence-electron chi connectivity index (χ1n) is 24.0. The lowest BCUT2D eigenvalue weighted by molar-refractivity contribution is 0.589. The van der Waals surface area contributed by atoms with Crippen LogP contribution in [0.3, 0.4) is 0 Å². The number of benzene rings is 7. The minimum absolute atomic E-state index is 0.0200. The van der Waals surface area contributed by atoms with Gasteiger partial charge in [-0.2, -0.15) is 0 Å². The molecule has 2 aliphatic rings. The van der Waals surface area contributed by atoms with E-state index in [0.717, 1.165) is 22.3 Å². The molecule has 2 aromatic heterocycles. The highest BCUT2D eigenvalue weighted by Gasteiger charge is 2.47. The first kappa shape index (κ1) is 43.3. The van der Waals surface area contributed by atoms with E-state index >= 15 is 0 Å². The average Bonchev–Trinajstić information content (AvgIpc) is 3.88. The summed E-state index contributed by atoms with van der Waals surface area (Å²) in [4.78, 5) is 5.29. The van der Waals surface area contributed by atoms with Crippen LogP contribution in [0.15, 0.2) is 138 Å². The lowest BCUT2D eigenvalue weighted by atomic mass is 9.33. The topological polar surface area (TPSA) is 19.6 Å². The third kappa shape index (κ3) is 6.99. The first-order valence-corrected chi connectivity index (χ1v) is 24.8. The van der Waals surface area contributed by atoms with Gasteiger partial charge in [-0.05, 0) is 159 Å². The summed E-state index contributed by atoms with van der Waals surface area (Å²) in [6.45, 7) is 30.2. The summed E-state index contributed by atoms with van der Waals surface area (Å²) in [5.41, 5.74) is 23.7.